The van der Waals surface area contributed by atoms with Crippen molar-refractivity contribution in [2.75, 3.05) is 0 Å². The number of hydrogen-bond donors (Lipinski definition) is 2. The number of hydrogen-bond acceptors (Lipinski definition) is 2. The summed E-state index contributed by atoms with van der Waals surface area (Å²) in [6.45, 7) is 12.3. The lowest BCUT2D eigenvalue weighted by molar-refractivity contribution is 0.434. The van der Waals surface area contributed by atoms with E-state index in [0.717, 1.165) is 0 Å². The van der Waals surface area contributed by atoms with Gasteiger partial charge in [0.25, 0.3) is 0 Å². The van der Waals surface area contributed by atoms with E-state index in [-0.39, 0.29) is 11.0 Å². The van der Waals surface area contributed by atoms with Crippen LogP contribution in [0.25, 0.3) is 0 Å². The van der Waals surface area contributed by atoms with Crippen LogP contribution in [0, 0.1) is 5.41 Å². The van der Waals surface area contributed by atoms with Crippen molar-refractivity contribution in [1.82, 2.24) is 5.43 Å². The van der Waals surface area contributed by atoms with Gasteiger partial charge in [-0.05, 0) is 20.8 Å². The second kappa shape index (κ2) is 3.33. The zero-order valence-corrected chi connectivity index (χ0v) is 9.02. The summed E-state index contributed by atoms with van der Waals surface area (Å²) >= 11 is 0. The summed E-state index contributed by atoms with van der Waals surface area (Å²) in [7, 11) is 0. The third kappa shape index (κ3) is 4.99. The highest BCUT2D eigenvalue weighted by atomic mass is 15.3. The highest BCUT2D eigenvalue weighted by Crippen LogP contribution is 2.12. The molecule has 0 unspecified atom stereocenters. The van der Waals surface area contributed by atoms with Crippen molar-refractivity contribution in [2.45, 2.75) is 47.1 Å². The van der Waals surface area contributed by atoms with E-state index >= 15 is 0 Å². The molecule has 0 aliphatic rings. The highest BCUT2D eigenvalue weighted by Gasteiger charge is 2.16. The van der Waals surface area contributed by atoms with Crippen molar-refractivity contribution in [3.05, 3.63) is 0 Å². The maximum absolute atomic E-state index is 5.75. The average Bonchev–Trinajstić information content (AvgIpc) is 1.78. The first-order chi connectivity index (χ1) is 5.13. The molecular weight excluding hydrogens is 150 g/mol. The molecule has 72 valence electrons. The van der Waals surface area contributed by atoms with Crippen LogP contribution in [0.1, 0.15) is 41.5 Å². The van der Waals surface area contributed by atoms with E-state index in [2.05, 4.69) is 10.5 Å². The predicted molar refractivity (Wildman–Crippen MR) is 54.0 cm³/mol. The fourth-order valence-electron chi connectivity index (χ4n) is 0.396. The quantitative estimate of drug-likeness (QED) is 0.358. The summed E-state index contributed by atoms with van der Waals surface area (Å²) in [6, 6.07) is 0. The zero-order chi connectivity index (χ0) is 9.99. The van der Waals surface area contributed by atoms with Crippen molar-refractivity contribution in [3.63, 3.8) is 0 Å². The lowest BCUT2D eigenvalue weighted by Gasteiger charge is -2.22. The molecule has 0 bridgehead atoms. The Balaban J connectivity index is 4.21. The maximum atomic E-state index is 5.75. The van der Waals surface area contributed by atoms with Gasteiger partial charge in [-0.3, -0.25) is 0 Å². The largest absolute Gasteiger partial charge is 0.385 e. The number of hydrazone groups is 1. The van der Waals surface area contributed by atoms with Crippen molar-refractivity contribution in [3.8, 4) is 0 Å². The van der Waals surface area contributed by atoms with E-state index in [1.807, 2.05) is 41.5 Å². The van der Waals surface area contributed by atoms with E-state index in [1.165, 1.54) is 0 Å². The predicted octanol–water partition coefficient (Wildman–Crippen LogP) is 1.69. The number of nitrogens with two attached hydrogens (primary N) is 1. The number of nitrogens with zero attached hydrogens (tertiary/aromatic N) is 1. The molecule has 0 rings (SSSR count). The van der Waals surface area contributed by atoms with Crippen LogP contribution >= 0.6 is 0 Å². The molecule has 0 amide bonds. The lowest BCUT2D eigenvalue weighted by atomic mass is 9.96. The van der Waals surface area contributed by atoms with Gasteiger partial charge in [0.1, 0.15) is 5.84 Å². The smallest absolute Gasteiger partial charge is 0.125 e. The summed E-state index contributed by atoms with van der Waals surface area (Å²) in [4.78, 5) is 0. The zero-order valence-electron chi connectivity index (χ0n) is 9.02. The summed E-state index contributed by atoms with van der Waals surface area (Å²) in [6.07, 6.45) is 0. The maximum Gasteiger partial charge on any atom is 0.125 e. The Hall–Kier alpha value is -0.730. The molecule has 0 aromatic heterocycles. The summed E-state index contributed by atoms with van der Waals surface area (Å²) in [5.41, 5.74) is 8.66. The first-order valence-corrected chi connectivity index (χ1v) is 4.24. The fraction of sp³-hybridized carbons (Fsp3) is 0.889. The summed E-state index contributed by atoms with van der Waals surface area (Å²) < 4.78 is 0. The standard InChI is InChI=1S/C9H21N3/c1-8(2,3)7(10)11-12-9(4,5)6/h12H,1-6H3,(H2,10,11). The van der Waals surface area contributed by atoms with Crippen LogP contribution in [0.2, 0.25) is 0 Å². The topological polar surface area (TPSA) is 50.4 Å². The molecule has 0 fully saturated rings. The normalized spacial score (nSPS) is 14.7. The minimum Gasteiger partial charge on any atom is -0.385 e. The van der Waals surface area contributed by atoms with Gasteiger partial charge in [-0.25, -0.2) is 0 Å². The number of rotatable bonds is 1. The SMILES string of the molecule is CC(C)(C)N/N=C(/N)C(C)(C)C. The van der Waals surface area contributed by atoms with Crippen molar-refractivity contribution in [2.24, 2.45) is 16.3 Å². The molecule has 0 aliphatic heterocycles. The molecule has 0 aromatic rings. The first kappa shape index (κ1) is 11.3. The lowest BCUT2D eigenvalue weighted by Crippen LogP contribution is -2.37. The molecule has 0 spiro atoms. The highest BCUT2D eigenvalue weighted by molar-refractivity contribution is 5.85. The van der Waals surface area contributed by atoms with Gasteiger partial charge >= 0.3 is 0 Å². The van der Waals surface area contributed by atoms with Gasteiger partial charge in [-0.2, -0.15) is 5.10 Å². The molecule has 0 aliphatic carbocycles. The summed E-state index contributed by atoms with van der Waals surface area (Å²) in [5.74, 6) is 0.637. The average molecular weight is 171 g/mol. The van der Waals surface area contributed by atoms with Crippen molar-refractivity contribution in [1.29, 1.82) is 0 Å². The van der Waals surface area contributed by atoms with E-state index in [4.69, 9.17) is 5.73 Å². The number of amidine groups is 1. The molecule has 12 heavy (non-hydrogen) atoms. The van der Waals surface area contributed by atoms with Crippen LogP contribution in [-0.4, -0.2) is 11.4 Å². The van der Waals surface area contributed by atoms with E-state index in [0.29, 0.717) is 5.84 Å². The Kier molecular flexibility index (Phi) is 3.13. The Morgan fingerprint density at radius 1 is 1.08 bits per heavy atom. The van der Waals surface area contributed by atoms with Crippen LogP contribution in [0.15, 0.2) is 5.10 Å². The van der Waals surface area contributed by atoms with Gasteiger partial charge in [-0.1, -0.05) is 20.8 Å². The second-order valence-electron chi connectivity index (χ2n) is 5.11. The third-order valence-electron chi connectivity index (χ3n) is 1.28. The van der Waals surface area contributed by atoms with E-state index < -0.39 is 0 Å². The van der Waals surface area contributed by atoms with Gasteiger partial charge in [0, 0.05) is 11.0 Å². The second-order valence-corrected chi connectivity index (χ2v) is 5.11. The van der Waals surface area contributed by atoms with Gasteiger partial charge in [0.2, 0.25) is 0 Å². The van der Waals surface area contributed by atoms with Crippen LogP contribution in [0.5, 0.6) is 0 Å². The molecule has 3 heteroatoms. The van der Waals surface area contributed by atoms with Crippen molar-refractivity contribution >= 4 is 5.84 Å². The van der Waals surface area contributed by atoms with Crippen molar-refractivity contribution < 1.29 is 0 Å². The van der Waals surface area contributed by atoms with E-state index in [9.17, 15) is 0 Å². The molecule has 0 heterocycles. The van der Waals surface area contributed by atoms with Gasteiger partial charge < -0.3 is 11.2 Å². The molecule has 3 nitrogen and oxygen atoms in total. The van der Waals surface area contributed by atoms with Crippen LogP contribution in [-0.2, 0) is 0 Å². The van der Waals surface area contributed by atoms with Crippen LogP contribution in [0.4, 0.5) is 0 Å². The first-order valence-electron chi connectivity index (χ1n) is 4.24. The fourth-order valence-corrected chi connectivity index (χ4v) is 0.396. The summed E-state index contributed by atoms with van der Waals surface area (Å²) in [5, 5.41) is 4.11. The molecular formula is C9H21N3. The Bertz CT molecular complexity index is 169. The molecule has 0 atom stereocenters. The Morgan fingerprint density at radius 3 is 1.75 bits per heavy atom. The van der Waals surface area contributed by atoms with Crippen LogP contribution in [0.3, 0.4) is 0 Å². The van der Waals surface area contributed by atoms with Gasteiger partial charge in [-0.15, -0.1) is 0 Å². The Morgan fingerprint density at radius 2 is 1.50 bits per heavy atom. The third-order valence-corrected chi connectivity index (χ3v) is 1.28. The number of nitrogens with one attached hydrogen (secondary N) is 1. The minimum atomic E-state index is -0.0573. The molecule has 0 saturated heterocycles. The molecule has 0 radical (unpaired) electrons. The minimum absolute atomic E-state index is 0.0180. The van der Waals surface area contributed by atoms with Gasteiger partial charge in [0.05, 0.1) is 0 Å². The Labute approximate surface area is 75.4 Å². The molecule has 3 N–H and O–H groups in total. The van der Waals surface area contributed by atoms with E-state index in [1.54, 1.807) is 0 Å². The van der Waals surface area contributed by atoms with Gasteiger partial charge in [0.15, 0.2) is 0 Å². The molecule has 0 aromatic carbocycles. The van der Waals surface area contributed by atoms with Crippen LogP contribution < -0.4 is 11.2 Å². The monoisotopic (exact) mass is 171 g/mol. The molecule has 0 saturated carbocycles.